The van der Waals surface area contributed by atoms with E-state index in [2.05, 4.69) is 0 Å². The molecule has 0 radical (unpaired) electrons. The number of hydrogen-bond donors (Lipinski definition) is 1. The molecule has 0 spiro atoms. The van der Waals surface area contributed by atoms with E-state index in [1.54, 1.807) is 18.2 Å². The van der Waals surface area contributed by atoms with E-state index >= 15 is 0 Å². The first-order valence-corrected chi connectivity index (χ1v) is 8.75. The molecule has 0 aliphatic carbocycles. The van der Waals surface area contributed by atoms with Crippen LogP contribution in [0.1, 0.15) is 49.2 Å². The molecule has 0 aromatic heterocycles. The predicted molar refractivity (Wildman–Crippen MR) is 104 cm³/mol. The fourth-order valence-electron chi connectivity index (χ4n) is 2.43. The number of ether oxygens (including phenoxy) is 2. The Bertz CT molecular complexity index is 755. The molecule has 4 heteroatoms. The topological polar surface area (TPSA) is 55.8 Å². The summed E-state index contributed by atoms with van der Waals surface area (Å²) in [4.78, 5) is 12.3. The molecule has 0 bridgehead atoms. The van der Waals surface area contributed by atoms with E-state index < -0.39 is 0 Å². The Morgan fingerprint density at radius 1 is 0.962 bits per heavy atom. The van der Waals surface area contributed by atoms with Crippen LogP contribution >= 0.6 is 0 Å². The average Bonchev–Trinajstić information content (AvgIpc) is 2.56. The molecule has 26 heavy (non-hydrogen) atoms. The number of hydrogen-bond acceptors (Lipinski definition) is 4. The van der Waals surface area contributed by atoms with Gasteiger partial charge in [-0.2, -0.15) is 0 Å². The molecule has 0 atom stereocenters. The SMILES string of the molecule is Cc1c(OC(C)C)cc(C=CC(=O)c2ccc(O)cc2)cc1OC(C)C. The molecular formula is C22H26O4. The summed E-state index contributed by atoms with van der Waals surface area (Å²) in [5.41, 5.74) is 2.28. The molecule has 0 aliphatic heterocycles. The number of phenolic OH excluding ortho intramolecular Hbond substituents is 1. The first-order chi connectivity index (χ1) is 12.3. The largest absolute Gasteiger partial charge is 0.508 e. The van der Waals surface area contributed by atoms with Gasteiger partial charge in [-0.3, -0.25) is 4.79 Å². The minimum Gasteiger partial charge on any atom is -0.508 e. The van der Waals surface area contributed by atoms with Crippen molar-refractivity contribution < 1.29 is 19.4 Å². The molecule has 0 aliphatic rings. The minimum absolute atomic E-state index is 0.0402. The molecule has 0 fully saturated rings. The van der Waals surface area contributed by atoms with E-state index in [0.29, 0.717) is 5.56 Å². The summed E-state index contributed by atoms with van der Waals surface area (Å²) < 4.78 is 11.8. The standard InChI is InChI=1S/C22H26O4/c1-14(2)25-21-12-17(13-22(16(21)5)26-15(3)4)6-11-20(24)18-7-9-19(23)10-8-18/h6-15,23H,1-5H3. The molecule has 4 nitrogen and oxygen atoms in total. The van der Waals surface area contributed by atoms with Gasteiger partial charge < -0.3 is 14.6 Å². The second-order valence-corrected chi connectivity index (χ2v) is 6.72. The van der Waals surface area contributed by atoms with Crippen LogP contribution in [0.5, 0.6) is 17.2 Å². The van der Waals surface area contributed by atoms with Crippen LogP contribution in [0.4, 0.5) is 0 Å². The van der Waals surface area contributed by atoms with Crippen molar-refractivity contribution in [1.29, 1.82) is 0 Å². The van der Waals surface area contributed by atoms with Crippen molar-refractivity contribution in [3.63, 3.8) is 0 Å². The molecule has 0 saturated carbocycles. The lowest BCUT2D eigenvalue weighted by atomic mass is 10.1. The summed E-state index contributed by atoms with van der Waals surface area (Å²) in [6.45, 7) is 9.85. The van der Waals surface area contributed by atoms with Gasteiger partial charge in [0, 0.05) is 11.1 Å². The Morgan fingerprint density at radius 3 is 1.92 bits per heavy atom. The number of phenols is 1. The molecule has 2 aromatic carbocycles. The van der Waals surface area contributed by atoms with Crippen molar-refractivity contribution in [2.75, 3.05) is 0 Å². The normalized spacial score (nSPS) is 11.3. The third kappa shape index (κ3) is 5.38. The second kappa shape index (κ2) is 8.56. The number of benzene rings is 2. The Hall–Kier alpha value is -2.75. The van der Waals surface area contributed by atoms with E-state index in [1.165, 1.54) is 18.2 Å². The van der Waals surface area contributed by atoms with Crippen molar-refractivity contribution in [2.24, 2.45) is 0 Å². The van der Waals surface area contributed by atoms with Crippen LogP contribution in [0.2, 0.25) is 0 Å². The van der Waals surface area contributed by atoms with Crippen LogP contribution < -0.4 is 9.47 Å². The molecule has 0 saturated heterocycles. The quantitative estimate of drug-likeness (QED) is 0.550. The summed E-state index contributed by atoms with van der Waals surface area (Å²) in [5.74, 6) is 1.49. The van der Waals surface area contributed by atoms with Gasteiger partial charge >= 0.3 is 0 Å². The number of allylic oxidation sites excluding steroid dienone is 1. The number of carbonyl (C=O) groups is 1. The molecule has 0 amide bonds. The fourth-order valence-corrected chi connectivity index (χ4v) is 2.43. The zero-order chi connectivity index (χ0) is 19.3. The van der Waals surface area contributed by atoms with Crippen LogP contribution in [0, 0.1) is 6.92 Å². The third-order valence-electron chi connectivity index (χ3n) is 3.64. The average molecular weight is 354 g/mol. The van der Waals surface area contributed by atoms with Crippen LogP contribution in [-0.4, -0.2) is 23.1 Å². The van der Waals surface area contributed by atoms with Crippen LogP contribution in [0.15, 0.2) is 42.5 Å². The highest BCUT2D eigenvalue weighted by Gasteiger charge is 2.12. The number of ketones is 1. The highest BCUT2D eigenvalue weighted by atomic mass is 16.5. The van der Waals surface area contributed by atoms with Gasteiger partial charge in [0.1, 0.15) is 17.2 Å². The highest BCUT2D eigenvalue weighted by molar-refractivity contribution is 6.06. The number of rotatable bonds is 7. The van der Waals surface area contributed by atoms with Crippen LogP contribution in [0.25, 0.3) is 6.08 Å². The summed E-state index contributed by atoms with van der Waals surface area (Å²) in [6.07, 6.45) is 3.33. The molecule has 0 heterocycles. The Morgan fingerprint density at radius 2 is 1.46 bits per heavy atom. The third-order valence-corrected chi connectivity index (χ3v) is 3.64. The molecule has 138 valence electrons. The molecular weight excluding hydrogens is 328 g/mol. The lowest BCUT2D eigenvalue weighted by Gasteiger charge is -2.18. The van der Waals surface area contributed by atoms with Gasteiger partial charge in [-0.25, -0.2) is 0 Å². The molecule has 2 rings (SSSR count). The maximum Gasteiger partial charge on any atom is 0.185 e. The van der Waals surface area contributed by atoms with Crippen molar-refractivity contribution >= 4 is 11.9 Å². The fraction of sp³-hybridized carbons (Fsp3) is 0.318. The van der Waals surface area contributed by atoms with Crippen molar-refractivity contribution in [3.05, 3.63) is 59.2 Å². The van der Waals surface area contributed by atoms with Crippen molar-refractivity contribution in [3.8, 4) is 17.2 Å². The maximum absolute atomic E-state index is 12.3. The minimum atomic E-state index is -0.136. The lowest BCUT2D eigenvalue weighted by molar-refractivity contribution is 0.104. The Labute approximate surface area is 155 Å². The van der Waals surface area contributed by atoms with E-state index in [0.717, 1.165) is 22.6 Å². The smallest absolute Gasteiger partial charge is 0.185 e. The zero-order valence-corrected chi connectivity index (χ0v) is 15.9. The van der Waals surface area contributed by atoms with E-state index in [-0.39, 0.29) is 23.7 Å². The van der Waals surface area contributed by atoms with E-state index in [4.69, 9.17) is 9.47 Å². The van der Waals surface area contributed by atoms with Crippen LogP contribution in [0.3, 0.4) is 0 Å². The van der Waals surface area contributed by atoms with E-state index in [1.807, 2.05) is 46.8 Å². The van der Waals surface area contributed by atoms with E-state index in [9.17, 15) is 9.90 Å². The molecule has 2 aromatic rings. The first-order valence-electron chi connectivity index (χ1n) is 8.75. The number of carbonyl (C=O) groups excluding carboxylic acids is 1. The summed E-state index contributed by atoms with van der Waals surface area (Å²) in [7, 11) is 0. The summed E-state index contributed by atoms with van der Waals surface area (Å²) >= 11 is 0. The van der Waals surface area contributed by atoms with Gasteiger partial charge in [-0.1, -0.05) is 6.08 Å². The van der Waals surface area contributed by atoms with Gasteiger partial charge in [-0.05, 0) is 82.7 Å². The predicted octanol–water partition coefficient (Wildman–Crippen LogP) is 5.17. The van der Waals surface area contributed by atoms with Crippen molar-refractivity contribution in [2.45, 2.75) is 46.8 Å². The monoisotopic (exact) mass is 354 g/mol. The van der Waals surface area contributed by atoms with Gasteiger partial charge in [-0.15, -0.1) is 0 Å². The Balaban J connectivity index is 2.31. The van der Waals surface area contributed by atoms with Crippen molar-refractivity contribution in [1.82, 2.24) is 0 Å². The van der Waals surface area contributed by atoms with Gasteiger partial charge in [0.2, 0.25) is 0 Å². The zero-order valence-electron chi connectivity index (χ0n) is 15.9. The highest BCUT2D eigenvalue weighted by Crippen LogP contribution is 2.32. The van der Waals surface area contributed by atoms with Gasteiger partial charge in [0.05, 0.1) is 12.2 Å². The first kappa shape index (κ1) is 19.6. The summed E-state index contributed by atoms with van der Waals surface area (Å²) in [5, 5.41) is 9.32. The maximum atomic E-state index is 12.3. The lowest BCUT2D eigenvalue weighted by Crippen LogP contribution is -2.10. The molecule has 0 unspecified atom stereocenters. The molecule has 1 N–H and O–H groups in total. The Kier molecular flexibility index (Phi) is 6.45. The number of aromatic hydroxyl groups is 1. The summed E-state index contributed by atoms with van der Waals surface area (Å²) in [6, 6.07) is 9.99. The van der Waals surface area contributed by atoms with Gasteiger partial charge in [0.25, 0.3) is 0 Å². The van der Waals surface area contributed by atoms with Crippen LogP contribution in [-0.2, 0) is 0 Å². The second-order valence-electron chi connectivity index (χ2n) is 6.72. The van der Waals surface area contributed by atoms with Gasteiger partial charge in [0.15, 0.2) is 5.78 Å².